The van der Waals surface area contributed by atoms with Crippen LogP contribution in [0.1, 0.15) is 5.82 Å². The lowest BCUT2D eigenvalue weighted by Gasteiger charge is -2.23. The Morgan fingerprint density at radius 2 is 2.04 bits per heavy atom. The van der Waals surface area contributed by atoms with Gasteiger partial charge in [0.2, 0.25) is 0 Å². The van der Waals surface area contributed by atoms with E-state index in [0.29, 0.717) is 13.2 Å². The van der Waals surface area contributed by atoms with Crippen molar-refractivity contribution in [1.29, 1.82) is 0 Å². The highest BCUT2D eigenvalue weighted by molar-refractivity contribution is 5.31. The van der Waals surface area contributed by atoms with Gasteiger partial charge in [0.1, 0.15) is 23.4 Å². The van der Waals surface area contributed by atoms with Gasteiger partial charge in [-0.25, -0.2) is 4.98 Å². The Balaban J connectivity index is 1.61. The van der Waals surface area contributed by atoms with Crippen LogP contribution in [0.25, 0.3) is 0 Å². The van der Waals surface area contributed by atoms with Crippen LogP contribution < -0.4 is 9.47 Å². The Hall–Kier alpha value is -2.05. The lowest BCUT2D eigenvalue weighted by Crippen LogP contribution is -2.36. The zero-order chi connectivity index (χ0) is 16.1. The zero-order valence-corrected chi connectivity index (χ0v) is 13.6. The minimum Gasteiger partial charge on any atom is -0.497 e. The molecule has 2 heterocycles. The van der Waals surface area contributed by atoms with Gasteiger partial charge in [0.15, 0.2) is 0 Å². The van der Waals surface area contributed by atoms with Gasteiger partial charge in [-0.1, -0.05) is 0 Å². The number of nitrogens with zero attached hydrogens (tertiary/aromatic N) is 3. The molecule has 23 heavy (non-hydrogen) atoms. The van der Waals surface area contributed by atoms with Crippen LogP contribution in [0.3, 0.4) is 0 Å². The van der Waals surface area contributed by atoms with Gasteiger partial charge in [0.25, 0.3) is 0 Å². The van der Waals surface area contributed by atoms with E-state index >= 15 is 0 Å². The highest BCUT2D eigenvalue weighted by atomic mass is 16.5. The largest absolute Gasteiger partial charge is 0.497 e. The Labute approximate surface area is 136 Å². The second-order valence-electron chi connectivity index (χ2n) is 5.68. The molecule has 1 fully saturated rings. The second-order valence-corrected chi connectivity index (χ2v) is 5.68. The summed E-state index contributed by atoms with van der Waals surface area (Å²) in [5.74, 6) is 2.71. The highest BCUT2D eigenvalue weighted by Gasteiger charge is 2.21. The summed E-state index contributed by atoms with van der Waals surface area (Å²) in [5.41, 5.74) is 0. The second kappa shape index (κ2) is 7.48. The van der Waals surface area contributed by atoms with Gasteiger partial charge in [-0.05, 0) is 24.3 Å². The molecule has 1 aromatic carbocycles. The van der Waals surface area contributed by atoms with Crippen molar-refractivity contribution in [2.75, 3.05) is 33.4 Å². The topological polar surface area (TPSA) is 48.8 Å². The minimum atomic E-state index is 0.00571. The van der Waals surface area contributed by atoms with E-state index in [1.165, 1.54) is 0 Å². The maximum atomic E-state index is 6.07. The van der Waals surface area contributed by atoms with Crippen LogP contribution in [-0.4, -0.2) is 54.0 Å². The van der Waals surface area contributed by atoms with Crippen LogP contribution in [-0.2, 0) is 18.3 Å². The van der Waals surface area contributed by atoms with Crippen molar-refractivity contribution in [3.8, 4) is 11.5 Å². The summed E-state index contributed by atoms with van der Waals surface area (Å²) in [6.07, 6.45) is 3.80. The third kappa shape index (κ3) is 4.24. The standard InChI is InChI=1S/C17H23N3O3/c1-19-8-7-18-17(19)12-20-9-10-22-13-16(11-20)23-15-5-3-14(21-2)4-6-15/h3-8,16H,9-13H2,1-2H3/t16-/m1/s1. The molecule has 0 radical (unpaired) electrons. The molecule has 0 bridgehead atoms. The van der Waals surface area contributed by atoms with Gasteiger partial charge in [-0.15, -0.1) is 0 Å². The number of aromatic nitrogens is 2. The van der Waals surface area contributed by atoms with E-state index in [1.54, 1.807) is 7.11 Å². The first kappa shape index (κ1) is 15.8. The third-order valence-corrected chi connectivity index (χ3v) is 3.97. The lowest BCUT2D eigenvalue weighted by atomic mass is 10.3. The van der Waals surface area contributed by atoms with Crippen molar-refractivity contribution < 1.29 is 14.2 Å². The maximum absolute atomic E-state index is 6.07. The van der Waals surface area contributed by atoms with Crippen LogP contribution in [0.2, 0.25) is 0 Å². The quantitative estimate of drug-likeness (QED) is 0.840. The first-order chi connectivity index (χ1) is 11.2. The highest BCUT2D eigenvalue weighted by Crippen LogP contribution is 2.19. The molecular formula is C17H23N3O3. The predicted molar refractivity (Wildman–Crippen MR) is 86.7 cm³/mol. The molecular weight excluding hydrogens is 294 g/mol. The zero-order valence-electron chi connectivity index (χ0n) is 13.6. The summed E-state index contributed by atoms with van der Waals surface area (Å²) < 4.78 is 19.0. The molecule has 1 atom stereocenters. The van der Waals surface area contributed by atoms with Crippen molar-refractivity contribution in [3.05, 3.63) is 42.5 Å². The summed E-state index contributed by atoms with van der Waals surface area (Å²) in [5, 5.41) is 0. The number of hydrogen-bond donors (Lipinski definition) is 0. The van der Waals surface area contributed by atoms with Gasteiger partial charge in [0.05, 0.1) is 26.9 Å². The van der Waals surface area contributed by atoms with Crippen molar-refractivity contribution in [1.82, 2.24) is 14.5 Å². The fourth-order valence-corrected chi connectivity index (χ4v) is 2.65. The number of methoxy groups -OCH3 is 1. The first-order valence-corrected chi connectivity index (χ1v) is 7.81. The van der Waals surface area contributed by atoms with Crippen molar-refractivity contribution in [2.24, 2.45) is 7.05 Å². The fourth-order valence-electron chi connectivity index (χ4n) is 2.65. The molecule has 1 aromatic heterocycles. The van der Waals surface area contributed by atoms with Crippen molar-refractivity contribution in [3.63, 3.8) is 0 Å². The summed E-state index contributed by atoms with van der Waals surface area (Å²) in [4.78, 5) is 6.72. The number of hydrogen-bond acceptors (Lipinski definition) is 5. The Morgan fingerprint density at radius 1 is 1.26 bits per heavy atom. The van der Waals surface area contributed by atoms with Gasteiger partial charge in [-0.3, -0.25) is 4.90 Å². The van der Waals surface area contributed by atoms with Crippen LogP contribution in [0.15, 0.2) is 36.7 Å². The summed E-state index contributed by atoms with van der Waals surface area (Å²) >= 11 is 0. The number of ether oxygens (including phenoxy) is 3. The average Bonchev–Trinajstić information content (AvgIpc) is 2.83. The molecule has 0 unspecified atom stereocenters. The number of rotatable bonds is 5. The maximum Gasteiger partial charge on any atom is 0.135 e. The molecule has 6 heteroatoms. The van der Waals surface area contributed by atoms with Gasteiger partial charge in [-0.2, -0.15) is 0 Å². The molecule has 0 saturated carbocycles. The molecule has 0 N–H and O–H groups in total. The lowest BCUT2D eigenvalue weighted by molar-refractivity contribution is 0.0709. The number of aryl methyl sites for hydroxylation is 1. The molecule has 1 saturated heterocycles. The molecule has 0 aliphatic carbocycles. The van der Waals surface area contributed by atoms with Crippen LogP contribution in [0.4, 0.5) is 0 Å². The van der Waals surface area contributed by atoms with E-state index in [0.717, 1.165) is 37.0 Å². The molecule has 1 aliphatic rings. The average molecular weight is 317 g/mol. The molecule has 124 valence electrons. The molecule has 6 nitrogen and oxygen atoms in total. The van der Waals surface area contributed by atoms with Crippen LogP contribution in [0.5, 0.6) is 11.5 Å². The minimum absolute atomic E-state index is 0.00571. The van der Waals surface area contributed by atoms with E-state index in [4.69, 9.17) is 14.2 Å². The summed E-state index contributed by atoms with van der Waals surface area (Å²) in [6, 6.07) is 7.65. The van der Waals surface area contributed by atoms with E-state index in [-0.39, 0.29) is 6.10 Å². The molecule has 3 rings (SSSR count). The first-order valence-electron chi connectivity index (χ1n) is 7.81. The Morgan fingerprint density at radius 3 is 2.74 bits per heavy atom. The third-order valence-electron chi connectivity index (χ3n) is 3.97. The van der Waals surface area contributed by atoms with E-state index in [2.05, 4.69) is 9.88 Å². The van der Waals surface area contributed by atoms with E-state index in [1.807, 2.05) is 48.3 Å². The Bertz CT molecular complexity index is 612. The molecule has 1 aliphatic heterocycles. The Kier molecular flexibility index (Phi) is 5.15. The molecule has 0 spiro atoms. The smallest absolute Gasteiger partial charge is 0.135 e. The van der Waals surface area contributed by atoms with Gasteiger partial charge >= 0.3 is 0 Å². The van der Waals surface area contributed by atoms with Gasteiger partial charge in [0, 0.05) is 32.5 Å². The molecule has 2 aromatic rings. The summed E-state index contributed by atoms with van der Waals surface area (Å²) in [6.45, 7) is 3.82. The SMILES string of the molecule is COc1ccc(O[C@H]2COCCN(Cc3nccn3C)C2)cc1. The number of imidazole rings is 1. The summed E-state index contributed by atoms with van der Waals surface area (Å²) in [7, 11) is 3.67. The van der Waals surface area contributed by atoms with Crippen LogP contribution >= 0.6 is 0 Å². The van der Waals surface area contributed by atoms with Crippen molar-refractivity contribution in [2.45, 2.75) is 12.6 Å². The van der Waals surface area contributed by atoms with E-state index < -0.39 is 0 Å². The number of benzene rings is 1. The van der Waals surface area contributed by atoms with E-state index in [9.17, 15) is 0 Å². The van der Waals surface area contributed by atoms with Crippen molar-refractivity contribution >= 4 is 0 Å². The van der Waals surface area contributed by atoms with Crippen LogP contribution in [0, 0.1) is 0 Å². The van der Waals surface area contributed by atoms with Gasteiger partial charge < -0.3 is 18.8 Å². The predicted octanol–water partition coefficient (Wildman–Crippen LogP) is 1.71. The monoisotopic (exact) mass is 317 g/mol. The normalized spacial score (nSPS) is 19.3. The molecule has 0 amide bonds. The fraction of sp³-hybridized carbons (Fsp3) is 0.471.